The van der Waals surface area contributed by atoms with Gasteiger partial charge in [0, 0.05) is 33.2 Å². The van der Waals surface area contributed by atoms with Gasteiger partial charge < -0.3 is 4.57 Å². The van der Waals surface area contributed by atoms with E-state index in [1.807, 2.05) is 60.7 Å². The first-order chi connectivity index (χ1) is 21.8. The van der Waals surface area contributed by atoms with Crippen LogP contribution in [0, 0.1) is 0 Å². The lowest BCUT2D eigenvalue weighted by Crippen LogP contribution is -2.01. The Morgan fingerprint density at radius 3 is 1.89 bits per heavy atom. The van der Waals surface area contributed by atoms with Gasteiger partial charge in [-0.3, -0.25) is 0 Å². The summed E-state index contributed by atoms with van der Waals surface area (Å²) in [5.74, 6) is 1.97. The molecule has 0 saturated carbocycles. The SMILES string of the molecule is C1=Cc2cccc3cc4c(c(c23)C1)c1ccccc1n4-c1cccc(-c2nc(-c3ccccc3)nc(-c3ccccc3)n2)c1. The monoisotopic (exact) mass is 562 g/mol. The third-order valence-electron chi connectivity index (χ3n) is 8.62. The first-order valence-corrected chi connectivity index (χ1v) is 14.9. The van der Waals surface area contributed by atoms with Gasteiger partial charge in [0.15, 0.2) is 17.5 Å². The predicted octanol–water partition coefficient (Wildman–Crippen LogP) is 9.69. The third kappa shape index (κ3) is 3.89. The lowest BCUT2D eigenvalue weighted by Gasteiger charge is -2.16. The normalized spacial score (nSPS) is 12.4. The Bertz CT molecular complexity index is 2350. The molecule has 2 heterocycles. The van der Waals surface area contributed by atoms with Crippen LogP contribution in [0.4, 0.5) is 0 Å². The Morgan fingerprint density at radius 2 is 1.14 bits per heavy atom. The Kier molecular flexibility index (Phi) is 5.53. The molecule has 0 bridgehead atoms. The minimum atomic E-state index is 0.649. The number of rotatable bonds is 4. The van der Waals surface area contributed by atoms with Gasteiger partial charge in [-0.15, -0.1) is 0 Å². The average molecular weight is 563 g/mol. The molecule has 4 nitrogen and oxygen atoms in total. The maximum Gasteiger partial charge on any atom is 0.164 e. The highest BCUT2D eigenvalue weighted by Gasteiger charge is 2.20. The number of para-hydroxylation sites is 1. The van der Waals surface area contributed by atoms with Gasteiger partial charge in [0.2, 0.25) is 0 Å². The summed E-state index contributed by atoms with van der Waals surface area (Å²) in [6, 6.07) is 46.5. The molecule has 4 heteroatoms. The molecule has 1 aliphatic rings. The van der Waals surface area contributed by atoms with Crippen molar-refractivity contribution in [3.05, 3.63) is 151 Å². The summed E-state index contributed by atoms with van der Waals surface area (Å²) in [4.78, 5) is 14.9. The van der Waals surface area contributed by atoms with E-state index < -0.39 is 0 Å². The van der Waals surface area contributed by atoms with E-state index in [9.17, 15) is 0 Å². The van der Waals surface area contributed by atoms with Crippen molar-refractivity contribution in [2.75, 3.05) is 0 Å². The minimum absolute atomic E-state index is 0.649. The predicted molar refractivity (Wildman–Crippen MR) is 181 cm³/mol. The molecule has 8 aromatic rings. The molecule has 44 heavy (non-hydrogen) atoms. The zero-order valence-corrected chi connectivity index (χ0v) is 23.9. The van der Waals surface area contributed by atoms with Crippen LogP contribution in [-0.4, -0.2) is 19.5 Å². The highest BCUT2D eigenvalue weighted by atomic mass is 15.0. The van der Waals surface area contributed by atoms with Crippen molar-refractivity contribution in [1.82, 2.24) is 19.5 Å². The molecule has 0 amide bonds. The Morgan fingerprint density at radius 1 is 0.500 bits per heavy atom. The Hall–Kier alpha value is -5.87. The third-order valence-corrected chi connectivity index (χ3v) is 8.62. The van der Waals surface area contributed by atoms with E-state index in [4.69, 9.17) is 15.0 Å². The summed E-state index contributed by atoms with van der Waals surface area (Å²) in [6.45, 7) is 0. The van der Waals surface area contributed by atoms with E-state index >= 15 is 0 Å². The zero-order valence-electron chi connectivity index (χ0n) is 23.9. The summed E-state index contributed by atoms with van der Waals surface area (Å²) in [5, 5.41) is 5.24. The number of aromatic nitrogens is 4. The number of benzene rings is 6. The smallest absolute Gasteiger partial charge is 0.164 e. The average Bonchev–Trinajstić information content (AvgIpc) is 3.43. The molecule has 1 aliphatic carbocycles. The van der Waals surface area contributed by atoms with Crippen molar-refractivity contribution >= 4 is 38.7 Å². The lowest BCUT2D eigenvalue weighted by atomic mass is 9.90. The van der Waals surface area contributed by atoms with Crippen LogP contribution in [-0.2, 0) is 6.42 Å². The van der Waals surface area contributed by atoms with Crippen LogP contribution in [0.25, 0.3) is 78.5 Å². The maximum atomic E-state index is 4.99. The number of hydrogen-bond donors (Lipinski definition) is 0. The molecule has 206 valence electrons. The Labute approximate surface area is 254 Å². The van der Waals surface area contributed by atoms with Crippen molar-refractivity contribution in [2.45, 2.75) is 6.42 Å². The first-order valence-electron chi connectivity index (χ1n) is 14.9. The maximum absolute atomic E-state index is 4.99. The molecule has 2 aromatic heterocycles. The molecule has 0 saturated heterocycles. The summed E-state index contributed by atoms with van der Waals surface area (Å²) >= 11 is 0. The van der Waals surface area contributed by atoms with E-state index in [1.165, 1.54) is 43.7 Å². The number of allylic oxidation sites excluding steroid dienone is 1. The number of nitrogens with zero attached hydrogens (tertiary/aromatic N) is 4. The summed E-state index contributed by atoms with van der Waals surface area (Å²) in [7, 11) is 0. The molecule has 0 aliphatic heterocycles. The molecule has 0 radical (unpaired) electrons. The second-order valence-corrected chi connectivity index (χ2v) is 11.2. The van der Waals surface area contributed by atoms with E-state index in [0.717, 1.165) is 28.8 Å². The fourth-order valence-electron chi connectivity index (χ4n) is 6.69. The summed E-state index contributed by atoms with van der Waals surface area (Å²) < 4.78 is 2.40. The van der Waals surface area contributed by atoms with E-state index in [1.54, 1.807) is 0 Å². The molecular weight excluding hydrogens is 536 g/mol. The van der Waals surface area contributed by atoms with Gasteiger partial charge in [-0.1, -0.05) is 121 Å². The van der Waals surface area contributed by atoms with Crippen LogP contribution in [0.5, 0.6) is 0 Å². The minimum Gasteiger partial charge on any atom is -0.309 e. The van der Waals surface area contributed by atoms with Gasteiger partial charge in [0.1, 0.15) is 0 Å². The molecule has 0 atom stereocenters. The molecule has 6 aromatic carbocycles. The van der Waals surface area contributed by atoms with Crippen LogP contribution in [0.2, 0.25) is 0 Å². The van der Waals surface area contributed by atoms with Crippen LogP contribution >= 0.6 is 0 Å². The standard InChI is InChI=1S/C40H26N4/c1-3-12-27(13-4-1)38-41-39(28-14-5-2-6-15-28)43-40(42-38)30-19-10-20-31(24-30)44-34-23-8-7-21-32(34)37-33-22-11-17-26-16-9-18-29(36(26)33)25-35(37)44/h1-21,23-25H,22H2. The zero-order chi connectivity index (χ0) is 29.0. The van der Waals surface area contributed by atoms with Crippen molar-refractivity contribution in [1.29, 1.82) is 0 Å². The highest BCUT2D eigenvalue weighted by Crippen LogP contribution is 2.41. The van der Waals surface area contributed by atoms with Crippen molar-refractivity contribution in [2.24, 2.45) is 0 Å². The second kappa shape index (κ2) is 9.85. The molecule has 0 fully saturated rings. The van der Waals surface area contributed by atoms with Gasteiger partial charge in [-0.05, 0) is 52.6 Å². The highest BCUT2D eigenvalue weighted by molar-refractivity contribution is 6.17. The number of hydrogen-bond acceptors (Lipinski definition) is 3. The van der Waals surface area contributed by atoms with Crippen LogP contribution < -0.4 is 0 Å². The molecule has 0 unspecified atom stereocenters. The molecule has 9 rings (SSSR count). The first kappa shape index (κ1) is 24.7. The van der Waals surface area contributed by atoms with Crippen molar-refractivity contribution in [3.8, 4) is 39.9 Å². The largest absolute Gasteiger partial charge is 0.309 e. The quantitative estimate of drug-likeness (QED) is 0.214. The molecule has 0 N–H and O–H groups in total. The van der Waals surface area contributed by atoms with E-state index in [-0.39, 0.29) is 0 Å². The van der Waals surface area contributed by atoms with Gasteiger partial charge in [-0.25, -0.2) is 15.0 Å². The van der Waals surface area contributed by atoms with Gasteiger partial charge >= 0.3 is 0 Å². The lowest BCUT2D eigenvalue weighted by molar-refractivity contribution is 1.07. The van der Waals surface area contributed by atoms with Crippen molar-refractivity contribution < 1.29 is 0 Å². The molecule has 0 spiro atoms. The van der Waals surface area contributed by atoms with Crippen molar-refractivity contribution in [3.63, 3.8) is 0 Å². The van der Waals surface area contributed by atoms with Crippen LogP contribution in [0.1, 0.15) is 11.1 Å². The Balaban J connectivity index is 1.28. The van der Waals surface area contributed by atoms with Gasteiger partial charge in [0.05, 0.1) is 11.0 Å². The van der Waals surface area contributed by atoms with Crippen LogP contribution in [0.15, 0.2) is 140 Å². The van der Waals surface area contributed by atoms with E-state index in [0.29, 0.717) is 17.5 Å². The summed E-state index contributed by atoms with van der Waals surface area (Å²) in [5.41, 5.74) is 9.03. The van der Waals surface area contributed by atoms with Gasteiger partial charge in [0.25, 0.3) is 0 Å². The fourth-order valence-corrected chi connectivity index (χ4v) is 6.69. The van der Waals surface area contributed by atoms with E-state index in [2.05, 4.69) is 89.5 Å². The summed E-state index contributed by atoms with van der Waals surface area (Å²) in [6.07, 6.45) is 5.47. The second-order valence-electron chi connectivity index (χ2n) is 11.2. The van der Waals surface area contributed by atoms with Gasteiger partial charge in [-0.2, -0.15) is 0 Å². The topological polar surface area (TPSA) is 43.6 Å². The van der Waals surface area contributed by atoms with Crippen LogP contribution in [0.3, 0.4) is 0 Å². The fraction of sp³-hybridized carbons (Fsp3) is 0.0250. The number of fused-ring (bicyclic) bond motifs is 4. The molecular formula is C40H26N4.